The van der Waals surface area contributed by atoms with Crippen LogP contribution in [-0.4, -0.2) is 30.3 Å². The van der Waals surface area contributed by atoms with E-state index in [4.69, 9.17) is 9.26 Å². The topological polar surface area (TPSA) is 60.2 Å². The Labute approximate surface area is 121 Å². The van der Waals surface area contributed by atoms with E-state index >= 15 is 0 Å². The van der Waals surface area contributed by atoms with Gasteiger partial charge in [0.05, 0.1) is 0 Å². The molecule has 1 fully saturated rings. The van der Waals surface area contributed by atoms with E-state index in [1.54, 1.807) is 7.11 Å². The van der Waals surface area contributed by atoms with Crippen molar-refractivity contribution in [3.05, 3.63) is 11.7 Å². The van der Waals surface area contributed by atoms with Gasteiger partial charge in [0.25, 0.3) is 0 Å². The number of nitrogens with zero attached hydrogens (tertiary/aromatic N) is 2. The van der Waals surface area contributed by atoms with Crippen LogP contribution >= 0.6 is 0 Å². The minimum absolute atomic E-state index is 0.0420. The van der Waals surface area contributed by atoms with Crippen molar-refractivity contribution in [2.45, 2.75) is 64.5 Å². The molecule has 1 aromatic heterocycles. The number of hydrogen-bond acceptors (Lipinski definition) is 5. The highest BCUT2D eigenvalue weighted by atomic mass is 16.5. The predicted octanol–water partition coefficient (Wildman–Crippen LogP) is 3.05. The highest BCUT2D eigenvalue weighted by molar-refractivity contribution is 5.01. The van der Waals surface area contributed by atoms with Crippen molar-refractivity contribution in [3.63, 3.8) is 0 Å². The van der Waals surface area contributed by atoms with Gasteiger partial charge in [-0.1, -0.05) is 25.9 Å². The highest BCUT2D eigenvalue weighted by Gasteiger charge is 2.32. The zero-order valence-corrected chi connectivity index (χ0v) is 13.3. The first-order chi connectivity index (χ1) is 9.45. The Morgan fingerprint density at radius 1 is 1.25 bits per heavy atom. The van der Waals surface area contributed by atoms with E-state index in [9.17, 15) is 0 Å². The van der Waals surface area contributed by atoms with Gasteiger partial charge >= 0.3 is 0 Å². The molecule has 0 aliphatic heterocycles. The summed E-state index contributed by atoms with van der Waals surface area (Å²) < 4.78 is 11.0. The summed E-state index contributed by atoms with van der Waals surface area (Å²) in [5, 5.41) is 7.48. The molecule has 5 heteroatoms. The van der Waals surface area contributed by atoms with Crippen LogP contribution in [0.2, 0.25) is 0 Å². The van der Waals surface area contributed by atoms with E-state index in [0.717, 1.165) is 18.7 Å². The van der Waals surface area contributed by atoms with Crippen molar-refractivity contribution in [2.75, 3.05) is 14.2 Å². The molecule has 2 rings (SSSR count). The summed E-state index contributed by atoms with van der Waals surface area (Å²) in [6.07, 6.45) is 4.44. The molecule has 20 heavy (non-hydrogen) atoms. The van der Waals surface area contributed by atoms with Crippen LogP contribution in [0, 0.1) is 5.41 Å². The number of ether oxygens (including phenoxy) is 1. The molecule has 1 heterocycles. The molecule has 1 aliphatic carbocycles. The third-order valence-corrected chi connectivity index (χ3v) is 4.20. The average molecular weight is 281 g/mol. The molecule has 5 nitrogen and oxygen atoms in total. The number of hydrogen-bond donors (Lipinski definition) is 1. The Hall–Kier alpha value is -0.940. The second-order valence-corrected chi connectivity index (χ2v) is 6.81. The Bertz CT molecular complexity index is 417. The number of aromatic nitrogens is 2. The minimum atomic E-state index is -0.131. The van der Waals surface area contributed by atoms with Gasteiger partial charge in [0.2, 0.25) is 11.7 Å². The molecule has 114 valence electrons. The first-order valence-corrected chi connectivity index (χ1v) is 7.49. The number of nitrogens with one attached hydrogen (secondary N) is 1. The van der Waals surface area contributed by atoms with Crippen LogP contribution < -0.4 is 5.32 Å². The van der Waals surface area contributed by atoms with Crippen molar-refractivity contribution < 1.29 is 9.26 Å². The van der Waals surface area contributed by atoms with Crippen molar-refractivity contribution in [1.29, 1.82) is 0 Å². The minimum Gasteiger partial charge on any atom is -0.373 e. The molecule has 1 aromatic rings. The lowest BCUT2D eigenvalue weighted by atomic mass is 9.86. The van der Waals surface area contributed by atoms with Crippen molar-refractivity contribution in [1.82, 2.24) is 15.5 Å². The monoisotopic (exact) mass is 281 g/mol. The quantitative estimate of drug-likeness (QED) is 0.919. The van der Waals surface area contributed by atoms with Crippen LogP contribution in [0.4, 0.5) is 0 Å². The van der Waals surface area contributed by atoms with E-state index in [1.165, 1.54) is 12.8 Å². The van der Waals surface area contributed by atoms with Gasteiger partial charge < -0.3 is 14.6 Å². The molecule has 0 radical (unpaired) electrons. The van der Waals surface area contributed by atoms with Gasteiger partial charge in [-0.3, -0.25) is 0 Å². The Balaban J connectivity index is 2.06. The van der Waals surface area contributed by atoms with Crippen LogP contribution in [0.15, 0.2) is 4.52 Å². The maximum Gasteiger partial charge on any atom is 0.229 e. The molecule has 1 aliphatic rings. The third-order valence-electron chi connectivity index (χ3n) is 4.20. The maximum absolute atomic E-state index is 5.54. The van der Waals surface area contributed by atoms with Crippen molar-refractivity contribution in [3.8, 4) is 0 Å². The van der Waals surface area contributed by atoms with Gasteiger partial charge in [-0.15, -0.1) is 0 Å². The fraction of sp³-hybridized carbons (Fsp3) is 0.867. The van der Waals surface area contributed by atoms with Crippen molar-refractivity contribution >= 4 is 0 Å². The van der Waals surface area contributed by atoms with Crippen LogP contribution in [-0.2, 0) is 4.74 Å². The lowest BCUT2D eigenvalue weighted by molar-refractivity contribution is 0.00718. The summed E-state index contributed by atoms with van der Waals surface area (Å²) in [4.78, 5) is 4.60. The average Bonchev–Trinajstić information content (AvgIpc) is 2.87. The molecule has 0 spiro atoms. The van der Waals surface area contributed by atoms with Gasteiger partial charge in [0.1, 0.15) is 6.10 Å². The van der Waals surface area contributed by atoms with Gasteiger partial charge in [-0.25, -0.2) is 0 Å². The van der Waals surface area contributed by atoms with Crippen LogP contribution in [0.5, 0.6) is 0 Å². The second kappa shape index (κ2) is 6.22. The molecular weight excluding hydrogens is 254 g/mol. The summed E-state index contributed by atoms with van der Waals surface area (Å²) in [7, 11) is 3.73. The molecule has 1 unspecified atom stereocenters. The largest absolute Gasteiger partial charge is 0.373 e. The normalized spacial score (nSPS) is 25.6. The van der Waals surface area contributed by atoms with E-state index in [2.05, 4.69) is 36.2 Å². The zero-order chi connectivity index (χ0) is 14.8. The van der Waals surface area contributed by atoms with E-state index < -0.39 is 0 Å². The smallest absolute Gasteiger partial charge is 0.229 e. The molecule has 0 amide bonds. The van der Waals surface area contributed by atoms with E-state index in [-0.39, 0.29) is 11.5 Å². The summed E-state index contributed by atoms with van der Waals surface area (Å²) in [5.41, 5.74) is -0.0420. The standard InChI is InChI=1S/C15H27N3O2/c1-15(2,3)12(19-5)13-17-14(20-18-13)10-6-8-11(16-4)9-7-10/h10-12,16H,6-9H2,1-5H3. The Morgan fingerprint density at radius 2 is 1.90 bits per heavy atom. The molecule has 0 bridgehead atoms. The number of methoxy groups -OCH3 is 1. The van der Waals surface area contributed by atoms with Crippen LogP contribution in [0.25, 0.3) is 0 Å². The van der Waals surface area contributed by atoms with Gasteiger partial charge in [0, 0.05) is 19.1 Å². The molecule has 1 saturated carbocycles. The first kappa shape index (κ1) is 15.4. The zero-order valence-electron chi connectivity index (χ0n) is 13.3. The lowest BCUT2D eigenvalue weighted by Gasteiger charge is -2.27. The van der Waals surface area contributed by atoms with Gasteiger partial charge in [-0.05, 0) is 38.1 Å². The lowest BCUT2D eigenvalue weighted by Crippen LogP contribution is -2.29. The van der Waals surface area contributed by atoms with Gasteiger partial charge in [0.15, 0.2) is 0 Å². The van der Waals surface area contributed by atoms with Crippen LogP contribution in [0.1, 0.15) is 70.2 Å². The summed E-state index contributed by atoms with van der Waals surface area (Å²) >= 11 is 0. The second-order valence-electron chi connectivity index (χ2n) is 6.81. The first-order valence-electron chi connectivity index (χ1n) is 7.49. The fourth-order valence-corrected chi connectivity index (χ4v) is 2.99. The van der Waals surface area contributed by atoms with Gasteiger partial charge in [-0.2, -0.15) is 4.98 Å². The Kier molecular flexibility index (Phi) is 4.81. The molecular formula is C15H27N3O2. The predicted molar refractivity (Wildman–Crippen MR) is 77.6 cm³/mol. The third kappa shape index (κ3) is 3.38. The maximum atomic E-state index is 5.54. The Morgan fingerprint density at radius 3 is 2.40 bits per heavy atom. The number of rotatable bonds is 4. The molecule has 0 aromatic carbocycles. The summed E-state index contributed by atoms with van der Waals surface area (Å²) in [5.74, 6) is 1.85. The summed E-state index contributed by atoms with van der Waals surface area (Å²) in [6.45, 7) is 6.36. The molecule has 1 N–H and O–H groups in total. The van der Waals surface area contributed by atoms with E-state index in [1.807, 2.05) is 7.05 Å². The molecule has 0 saturated heterocycles. The highest BCUT2D eigenvalue weighted by Crippen LogP contribution is 2.36. The molecule has 1 atom stereocenters. The fourth-order valence-electron chi connectivity index (χ4n) is 2.99. The van der Waals surface area contributed by atoms with Crippen molar-refractivity contribution in [2.24, 2.45) is 5.41 Å². The van der Waals surface area contributed by atoms with E-state index in [0.29, 0.717) is 17.8 Å². The summed E-state index contributed by atoms with van der Waals surface area (Å²) in [6, 6.07) is 0.634. The SMILES string of the molecule is CNC1CCC(c2nc(C(OC)C(C)(C)C)no2)CC1. The van der Waals surface area contributed by atoms with Crippen LogP contribution in [0.3, 0.4) is 0 Å².